The highest BCUT2D eigenvalue weighted by Crippen LogP contribution is 2.33. The van der Waals surface area contributed by atoms with Gasteiger partial charge in [-0.05, 0) is 30.5 Å². The lowest BCUT2D eigenvalue weighted by atomic mass is 9.99. The Kier molecular flexibility index (Phi) is 7.13. The monoisotopic (exact) mass is 414 g/mol. The smallest absolute Gasteiger partial charge is 0.317 e. The van der Waals surface area contributed by atoms with E-state index < -0.39 is 6.04 Å². The molecular weight excluding hydrogens is 383 g/mol. The van der Waals surface area contributed by atoms with Crippen LogP contribution in [0.25, 0.3) is 0 Å². The molecule has 30 heavy (non-hydrogen) atoms. The van der Waals surface area contributed by atoms with Crippen LogP contribution in [0, 0.1) is 11.7 Å². The van der Waals surface area contributed by atoms with Gasteiger partial charge in [0, 0.05) is 43.6 Å². The first-order chi connectivity index (χ1) is 14.4. The molecular formula is C23H31FN4O2. The fraction of sp³-hybridized carbons (Fsp3) is 0.478. The molecule has 3 rings (SSSR count). The second-order valence-electron chi connectivity index (χ2n) is 8.14. The highest BCUT2D eigenvalue weighted by atomic mass is 19.1. The standard InChI is InChI=1S/C23H31FN4O2/c1-4-11-25-23(30)27(15-17(2)3)16-21(29)28-14-13-26-12-7-10-20(26)22(28)18-8-5-6-9-19(18)24/h5-10,12,17,22H,4,11,13-16H2,1-3H3,(H,25,30)/t22-/m0/s1. The average Bonchev–Trinajstić information content (AvgIpc) is 3.19. The number of carbonyl (C=O) groups is 2. The summed E-state index contributed by atoms with van der Waals surface area (Å²) in [6.45, 7) is 8.14. The molecule has 1 aliphatic rings. The largest absolute Gasteiger partial charge is 0.348 e. The van der Waals surface area contributed by atoms with Gasteiger partial charge in [0.25, 0.3) is 0 Å². The van der Waals surface area contributed by atoms with Gasteiger partial charge in [-0.1, -0.05) is 39.0 Å². The average molecular weight is 415 g/mol. The van der Waals surface area contributed by atoms with Crippen molar-refractivity contribution in [3.05, 3.63) is 59.7 Å². The summed E-state index contributed by atoms with van der Waals surface area (Å²) >= 11 is 0. The molecule has 0 saturated carbocycles. The lowest BCUT2D eigenvalue weighted by molar-refractivity contribution is -0.134. The number of nitrogens with zero attached hydrogens (tertiary/aromatic N) is 3. The van der Waals surface area contributed by atoms with Crippen LogP contribution in [0.5, 0.6) is 0 Å². The third kappa shape index (κ3) is 4.83. The van der Waals surface area contributed by atoms with Gasteiger partial charge in [-0.25, -0.2) is 9.18 Å². The molecule has 7 heteroatoms. The van der Waals surface area contributed by atoms with Crippen LogP contribution in [0.2, 0.25) is 0 Å². The number of fused-ring (bicyclic) bond motifs is 1. The highest BCUT2D eigenvalue weighted by molar-refractivity contribution is 5.84. The van der Waals surface area contributed by atoms with Crippen LogP contribution in [0.15, 0.2) is 42.6 Å². The van der Waals surface area contributed by atoms with E-state index in [-0.39, 0.29) is 30.2 Å². The summed E-state index contributed by atoms with van der Waals surface area (Å²) in [5.74, 6) is -0.288. The molecule has 1 aliphatic heterocycles. The molecule has 1 aromatic heterocycles. The van der Waals surface area contributed by atoms with Crippen LogP contribution in [-0.2, 0) is 11.3 Å². The van der Waals surface area contributed by atoms with Crippen molar-refractivity contribution in [2.24, 2.45) is 5.92 Å². The van der Waals surface area contributed by atoms with Crippen molar-refractivity contribution >= 4 is 11.9 Å². The van der Waals surface area contributed by atoms with E-state index in [0.717, 1.165) is 12.1 Å². The highest BCUT2D eigenvalue weighted by Gasteiger charge is 2.34. The Morgan fingerprint density at radius 3 is 2.67 bits per heavy atom. The summed E-state index contributed by atoms with van der Waals surface area (Å²) in [4.78, 5) is 29.2. The number of rotatable bonds is 7. The minimum absolute atomic E-state index is 0.0284. The van der Waals surface area contributed by atoms with E-state index in [1.165, 1.54) is 6.07 Å². The molecule has 0 aliphatic carbocycles. The van der Waals surface area contributed by atoms with Gasteiger partial charge in [-0.2, -0.15) is 0 Å². The van der Waals surface area contributed by atoms with E-state index in [1.807, 2.05) is 39.1 Å². The van der Waals surface area contributed by atoms with Gasteiger partial charge in [0.1, 0.15) is 18.4 Å². The number of nitrogens with one attached hydrogen (secondary N) is 1. The van der Waals surface area contributed by atoms with Gasteiger partial charge in [0.2, 0.25) is 5.91 Å². The van der Waals surface area contributed by atoms with E-state index in [9.17, 15) is 14.0 Å². The van der Waals surface area contributed by atoms with E-state index >= 15 is 0 Å². The summed E-state index contributed by atoms with van der Waals surface area (Å²) < 4.78 is 16.7. The molecule has 0 spiro atoms. The molecule has 0 bridgehead atoms. The van der Waals surface area contributed by atoms with E-state index in [0.29, 0.717) is 31.7 Å². The number of carbonyl (C=O) groups excluding carboxylic acids is 2. The molecule has 162 valence electrons. The predicted octanol–water partition coefficient (Wildman–Crippen LogP) is 3.64. The number of halogens is 1. The fourth-order valence-corrected chi connectivity index (χ4v) is 3.93. The Hall–Kier alpha value is -2.83. The number of hydrogen-bond acceptors (Lipinski definition) is 2. The molecule has 6 nitrogen and oxygen atoms in total. The maximum Gasteiger partial charge on any atom is 0.317 e. The van der Waals surface area contributed by atoms with Crippen LogP contribution in [0.3, 0.4) is 0 Å². The summed E-state index contributed by atoms with van der Waals surface area (Å²) in [6, 6.07) is 9.67. The number of amides is 3. The minimum atomic E-state index is -0.512. The molecule has 0 radical (unpaired) electrons. The van der Waals surface area contributed by atoms with Crippen LogP contribution < -0.4 is 5.32 Å². The third-order valence-electron chi connectivity index (χ3n) is 5.28. The summed E-state index contributed by atoms with van der Waals surface area (Å²) in [5, 5.41) is 2.86. The molecule has 1 aromatic carbocycles. The molecule has 2 aromatic rings. The maximum absolute atomic E-state index is 14.7. The lowest BCUT2D eigenvalue weighted by Crippen LogP contribution is -2.50. The van der Waals surface area contributed by atoms with Gasteiger partial charge in [0.05, 0.1) is 0 Å². The van der Waals surface area contributed by atoms with Crippen molar-refractivity contribution in [2.75, 3.05) is 26.2 Å². The number of aromatic nitrogens is 1. The molecule has 1 N–H and O–H groups in total. The Labute approximate surface area is 177 Å². The van der Waals surface area contributed by atoms with Crippen molar-refractivity contribution in [1.29, 1.82) is 0 Å². The van der Waals surface area contributed by atoms with Crippen molar-refractivity contribution in [2.45, 2.75) is 39.8 Å². The van der Waals surface area contributed by atoms with E-state index in [4.69, 9.17) is 0 Å². The van der Waals surface area contributed by atoms with Crippen molar-refractivity contribution in [3.8, 4) is 0 Å². The quantitative estimate of drug-likeness (QED) is 0.752. The predicted molar refractivity (Wildman–Crippen MR) is 114 cm³/mol. The van der Waals surface area contributed by atoms with Gasteiger partial charge in [-0.15, -0.1) is 0 Å². The lowest BCUT2D eigenvalue weighted by Gasteiger charge is -2.38. The summed E-state index contributed by atoms with van der Waals surface area (Å²) in [5.41, 5.74) is 1.35. The van der Waals surface area contributed by atoms with Crippen LogP contribution >= 0.6 is 0 Å². The summed E-state index contributed by atoms with van der Waals surface area (Å²) in [7, 11) is 0. The molecule has 3 amide bonds. The Balaban J connectivity index is 1.87. The minimum Gasteiger partial charge on any atom is -0.348 e. The topological polar surface area (TPSA) is 57.6 Å². The summed E-state index contributed by atoms with van der Waals surface area (Å²) in [6.07, 6.45) is 2.78. The van der Waals surface area contributed by atoms with E-state index in [2.05, 4.69) is 9.88 Å². The number of hydrogen-bond donors (Lipinski definition) is 1. The Bertz CT molecular complexity index is 880. The maximum atomic E-state index is 14.7. The fourth-order valence-electron chi connectivity index (χ4n) is 3.93. The van der Waals surface area contributed by atoms with E-state index in [1.54, 1.807) is 28.0 Å². The Morgan fingerprint density at radius 1 is 1.20 bits per heavy atom. The number of urea groups is 1. The molecule has 0 fully saturated rings. The van der Waals surface area contributed by atoms with Crippen molar-refractivity contribution in [3.63, 3.8) is 0 Å². The zero-order chi connectivity index (χ0) is 21.7. The van der Waals surface area contributed by atoms with Gasteiger partial charge in [-0.3, -0.25) is 4.79 Å². The molecule has 2 heterocycles. The second-order valence-corrected chi connectivity index (χ2v) is 8.14. The third-order valence-corrected chi connectivity index (χ3v) is 5.28. The van der Waals surface area contributed by atoms with Crippen LogP contribution in [0.4, 0.5) is 9.18 Å². The normalized spacial score (nSPS) is 15.8. The molecule has 1 atom stereocenters. The van der Waals surface area contributed by atoms with Crippen LogP contribution in [-0.4, -0.2) is 52.5 Å². The van der Waals surface area contributed by atoms with Gasteiger partial charge >= 0.3 is 6.03 Å². The SMILES string of the molecule is CCCNC(=O)N(CC(=O)N1CCn2cccc2[C@@H]1c1ccccc1F)CC(C)C. The first-order valence-corrected chi connectivity index (χ1v) is 10.6. The Morgan fingerprint density at radius 2 is 1.97 bits per heavy atom. The zero-order valence-electron chi connectivity index (χ0n) is 18.0. The number of benzene rings is 1. The van der Waals surface area contributed by atoms with Gasteiger partial charge in [0.15, 0.2) is 0 Å². The van der Waals surface area contributed by atoms with Crippen LogP contribution in [0.1, 0.15) is 44.5 Å². The first-order valence-electron chi connectivity index (χ1n) is 10.6. The van der Waals surface area contributed by atoms with Gasteiger partial charge < -0.3 is 19.7 Å². The zero-order valence-corrected chi connectivity index (χ0v) is 18.0. The van der Waals surface area contributed by atoms with Crippen molar-refractivity contribution in [1.82, 2.24) is 19.7 Å². The van der Waals surface area contributed by atoms with Crippen molar-refractivity contribution < 1.29 is 14.0 Å². The molecule has 0 unspecified atom stereocenters. The first kappa shape index (κ1) is 21.9. The molecule has 0 saturated heterocycles. The second kappa shape index (κ2) is 9.78.